The molecule has 2 fully saturated rings. The van der Waals surface area contributed by atoms with Crippen molar-refractivity contribution in [3.63, 3.8) is 0 Å². The molecular formula is C21H23BrN2O2. The number of likely N-dealkylation sites (tertiary alicyclic amines) is 1. The molecule has 1 N–H and O–H groups in total. The average Bonchev–Trinajstić information content (AvgIpc) is 3.48. The van der Waals surface area contributed by atoms with Gasteiger partial charge < -0.3 is 15.0 Å². The summed E-state index contributed by atoms with van der Waals surface area (Å²) in [6.07, 6.45) is 4.74. The molecule has 2 aromatic rings. The van der Waals surface area contributed by atoms with Gasteiger partial charge in [0.15, 0.2) is 0 Å². The summed E-state index contributed by atoms with van der Waals surface area (Å²) in [7, 11) is 0. The number of halogens is 1. The lowest BCUT2D eigenvalue weighted by atomic mass is 10.0. The summed E-state index contributed by atoms with van der Waals surface area (Å²) < 4.78 is 6.90. The van der Waals surface area contributed by atoms with Crippen molar-refractivity contribution in [2.24, 2.45) is 0 Å². The molecule has 1 aliphatic carbocycles. The normalized spacial score (nSPS) is 18.5. The summed E-state index contributed by atoms with van der Waals surface area (Å²) in [5.74, 6) is 1.23. The van der Waals surface area contributed by atoms with Crippen LogP contribution in [0.25, 0.3) is 0 Å². The zero-order chi connectivity index (χ0) is 17.9. The van der Waals surface area contributed by atoms with E-state index in [1.54, 1.807) is 0 Å². The van der Waals surface area contributed by atoms with Crippen LogP contribution >= 0.6 is 15.9 Å². The van der Waals surface area contributed by atoms with E-state index in [4.69, 9.17) is 4.74 Å². The molecule has 0 radical (unpaired) electrons. The fourth-order valence-electron chi connectivity index (χ4n) is 3.51. The van der Waals surface area contributed by atoms with Gasteiger partial charge in [-0.3, -0.25) is 4.79 Å². The van der Waals surface area contributed by atoms with E-state index in [2.05, 4.69) is 26.1 Å². The van der Waals surface area contributed by atoms with Crippen molar-refractivity contribution < 1.29 is 9.53 Å². The van der Waals surface area contributed by atoms with Crippen LogP contribution < -0.4 is 10.1 Å². The predicted molar refractivity (Wildman–Crippen MR) is 106 cm³/mol. The zero-order valence-electron chi connectivity index (χ0n) is 14.7. The molecule has 1 saturated carbocycles. The zero-order valence-corrected chi connectivity index (χ0v) is 16.2. The van der Waals surface area contributed by atoms with Crippen LogP contribution in [0.15, 0.2) is 53.0 Å². The van der Waals surface area contributed by atoms with E-state index in [1.807, 2.05) is 48.5 Å². The van der Waals surface area contributed by atoms with Gasteiger partial charge in [0, 0.05) is 29.6 Å². The Bertz CT molecular complexity index is 783. The van der Waals surface area contributed by atoms with Gasteiger partial charge in [-0.15, -0.1) is 0 Å². The van der Waals surface area contributed by atoms with Gasteiger partial charge in [-0.05, 0) is 56.0 Å². The van der Waals surface area contributed by atoms with E-state index in [9.17, 15) is 4.79 Å². The lowest BCUT2D eigenvalue weighted by molar-refractivity contribution is 0.0907. The Kier molecular flexibility index (Phi) is 5.27. The van der Waals surface area contributed by atoms with Crippen LogP contribution in [0.4, 0.5) is 0 Å². The number of piperidine rings is 1. The maximum Gasteiger partial charge on any atom is 0.255 e. The van der Waals surface area contributed by atoms with E-state index in [0.717, 1.165) is 36.4 Å². The van der Waals surface area contributed by atoms with Crippen LogP contribution in [0, 0.1) is 0 Å². The van der Waals surface area contributed by atoms with Gasteiger partial charge in [-0.25, -0.2) is 0 Å². The third-order valence-electron chi connectivity index (χ3n) is 5.08. The van der Waals surface area contributed by atoms with Crippen LogP contribution in [0.5, 0.6) is 11.5 Å². The third kappa shape index (κ3) is 4.27. The Morgan fingerprint density at radius 1 is 1.04 bits per heavy atom. The van der Waals surface area contributed by atoms with Crippen molar-refractivity contribution in [3.8, 4) is 11.5 Å². The Morgan fingerprint density at radius 2 is 1.81 bits per heavy atom. The summed E-state index contributed by atoms with van der Waals surface area (Å²) in [5.41, 5.74) is 0.581. The highest BCUT2D eigenvalue weighted by Crippen LogP contribution is 2.30. The van der Waals surface area contributed by atoms with E-state index in [1.165, 1.54) is 12.8 Å². The smallest absolute Gasteiger partial charge is 0.255 e. The molecule has 2 aliphatic rings. The number of para-hydroxylation sites is 1. The van der Waals surface area contributed by atoms with Gasteiger partial charge in [0.2, 0.25) is 0 Å². The molecule has 4 rings (SSSR count). The molecule has 1 aliphatic heterocycles. The fourth-order valence-corrected chi connectivity index (χ4v) is 3.89. The van der Waals surface area contributed by atoms with Crippen LogP contribution in [-0.2, 0) is 0 Å². The van der Waals surface area contributed by atoms with Crippen LogP contribution in [0.2, 0.25) is 0 Å². The molecule has 5 heteroatoms. The minimum absolute atomic E-state index is 0.0551. The number of rotatable bonds is 5. The molecule has 0 bridgehead atoms. The first kappa shape index (κ1) is 17.6. The van der Waals surface area contributed by atoms with Gasteiger partial charge in [0.1, 0.15) is 11.5 Å². The number of nitrogens with zero attached hydrogens (tertiary/aromatic N) is 1. The lowest BCUT2D eigenvalue weighted by Crippen LogP contribution is -2.45. The maximum atomic E-state index is 12.8. The number of nitrogens with one attached hydrogen (secondary N) is 1. The molecule has 0 unspecified atom stereocenters. The summed E-state index contributed by atoms with van der Waals surface area (Å²) in [6.45, 7) is 2.18. The number of ether oxygens (including phenoxy) is 1. The first-order valence-corrected chi connectivity index (χ1v) is 10.1. The summed E-state index contributed by atoms with van der Waals surface area (Å²) in [6, 6.07) is 16.1. The SMILES string of the molecule is O=C(NC1CCN(C2CC2)CC1)c1ccccc1Oc1cccc(Br)c1. The number of carbonyl (C=O) groups is 1. The van der Waals surface area contributed by atoms with Crippen LogP contribution in [0.1, 0.15) is 36.0 Å². The summed E-state index contributed by atoms with van der Waals surface area (Å²) >= 11 is 3.44. The van der Waals surface area contributed by atoms with Crippen molar-refractivity contribution in [2.45, 2.75) is 37.8 Å². The number of hydrogen-bond donors (Lipinski definition) is 1. The second-order valence-electron chi connectivity index (χ2n) is 7.07. The molecule has 26 heavy (non-hydrogen) atoms. The van der Waals surface area contributed by atoms with Crippen molar-refractivity contribution in [1.82, 2.24) is 10.2 Å². The van der Waals surface area contributed by atoms with Crippen molar-refractivity contribution >= 4 is 21.8 Å². The van der Waals surface area contributed by atoms with Crippen molar-refractivity contribution in [2.75, 3.05) is 13.1 Å². The van der Waals surface area contributed by atoms with Crippen molar-refractivity contribution in [3.05, 3.63) is 58.6 Å². The van der Waals surface area contributed by atoms with E-state index in [-0.39, 0.29) is 11.9 Å². The van der Waals surface area contributed by atoms with Gasteiger partial charge in [0.05, 0.1) is 5.56 Å². The molecule has 0 spiro atoms. The molecule has 4 nitrogen and oxygen atoms in total. The highest BCUT2D eigenvalue weighted by Gasteiger charge is 2.32. The monoisotopic (exact) mass is 414 g/mol. The van der Waals surface area contributed by atoms with Crippen LogP contribution in [0.3, 0.4) is 0 Å². The first-order valence-electron chi connectivity index (χ1n) is 9.26. The number of hydrogen-bond acceptors (Lipinski definition) is 3. The number of amides is 1. The molecule has 0 aromatic heterocycles. The molecule has 0 atom stereocenters. The van der Waals surface area contributed by atoms with Crippen molar-refractivity contribution in [1.29, 1.82) is 0 Å². The summed E-state index contributed by atoms with van der Waals surface area (Å²) in [5, 5.41) is 3.20. The van der Waals surface area contributed by atoms with Gasteiger partial charge in [-0.2, -0.15) is 0 Å². The molecule has 1 heterocycles. The second-order valence-corrected chi connectivity index (χ2v) is 7.99. The Hall–Kier alpha value is -1.85. The molecule has 1 saturated heterocycles. The Labute approximate surface area is 162 Å². The predicted octanol–water partition coefficient (Wildman–Crippen LogP) is 4.60. The maximum absolute atomic E-state index is 12.8. The molecular weight excluding hydrogens is 392 g/mol. The largest absolute Gasteiger partial charge is 0.456 e. The topological polar surface area (TPSA) is 41.6 Å². The van der Waals surface area contributed by atoms with E-state index < -0.39 is 0 Å². The first-order chi connectivity index (χ1) is 12.7. The summed E-state index contributed by atoms with van der Waals surface area (Å²) in [4.78, 5) is 15.4. The lowest BCUT2D eigenvalue weighted by Gasteiger charge is -2.32. The van der Waals surface area contributed by atoms with Crippen LogP contribution in [-0.4, -0.2) is 36.0 Å². The molecule has 1 amide bonds. The Balaban J connectivity index is 1.41. The minimum Gasteiger partial charge on any atom is -0.456 e. The Morgan fingerprint density at radius 3 is 2.54 bits per heavy atom. The average molecular weight is 415 g/mol. The third-order valence-corrected chi connectivity index (χ3v) is 5.58. The standard InChI is InChI=1S/C21H23BrN2O2/c22-15-4-3-5-18(14-15)26-20-7-2-1-6-19(20)21(25)23-16-10-12-24(13-11-16)17-8-9-17/h1-7,14,16-17H,8-13H2,(H,23,25). The van der Waals surface area contributed by atoms with Gasteiger partial charge in [0.25, 0.3) is 5.91 Å². The number of carbonyl (C=O) groups excluding carboxylic acids is 1. The molecule has 136 valence electrons. The van der Waals surface area contributed by atoms with Gasteiger partial charge >= 0.3 is 0 Å². The number of benzene rings is 2. The quantitative estimate of drug-likeness (QED) is 0.776. The van der Waals surface area contributed by atoms with E-state index >= 15 is 0 Å². The second kappa shape index (κ2) is 7.80. The highest BCUT2D eigenvalue weighted by molar-refractivity contribution is 9.10. The highest BCUT2D eigenvalue weighted by atomic mass is 79.9. The van der Waals surface area contributed by atoms with E-state index in [0.29, 0.717) is 17.1 Å². The molecule has 2 aromatic carbocycles. The fraction of sp³-hybridized carbons (Fsp3) is 0.381. The van der Waals surface area contributed by atoms with Gasteiger partial charge in [-0.1, -0.05) is 34.1 Å². The minimum atomic E-state index is -0.0551.